The number of piperazine rings is 1. The number of hydrogen-bond donors (Lipinski definition) is 1. The second-order valence-corrected chi connectivity index (χ2v) is 8.45. The van der Waals surface area contributed by atoms with Gasteiger partial charge in [-0.25, -0.2) is 8.42 Å². The van der Waals surface area contributed by atoms with Gasteiger partial charge in [-0.3, -0.25) is 0 Å². The van der Waals surface area contributed by atoms with Crippen molar-refractivity contribution in [3.63, 3.8) is 0 Å². The number of rotatable bonds is 5. The fourth-order valence-corrected chi connectivity index (χ4v) is 4.50. The molecule has 1 fully saturated rings. The van der Waals surface area contributed by atoms with E-state index in [9.17, 15) is 8.42 Å². The first-order chi connectivity index (χ1) is 12.4. The lowest BCUT2D eigenvalue weighted by Gasteiger charge is -2.34. The van der Waals surface area contributed by atoms with E-state index in [0.29, 0.717) is 31.2 Å². The quantitative estimate of drug-likeness (QED) is 0.837. The summed E-state index contributed by atoms with van der Waals surface area (Å²) in [4.78, 5) is 2.27. The molecule has 1 saturated heterocycles. The molecule has 3 rings (SSSR count). The number of aromatic nitrogens is 2. The first kappa shape index (κ1) is 18.9. The molecule has 1 aliphatic rings. The van der Waals surface area contributed by atoms with Crippen LogP contribution in [0, 0.1) is 6.92 Å². The van der Waals surface area contributed by atoms with Crippen LogP contribution in [0.25, 0.3) is 0 Å². The number of nitrogens with zero attached hydrogens (tertiary/aromatic N) is 4. The molecular weight excluding hydrogens is 374 g/mol. The van der Waals surface area contributed by atoms with Crippen molar-refractivity contribution in [2.45, 2.75) is 18.7 Å². The third kappa shape index (κ3) is 3.92. The molecule has 26 heavy (non-hydrogen) atoms. The molecule has 9 heteroatoms. The molecule has 0 atom stereocenters. The fraction of sp³-hybridized carbons (Fsp3) is 0.412. The Labute approximate surface area is 159 Å². The van der Waals surface area contributed by atoms with Gasteiger partial charge in [0, 0.05) is 37.7 Å². The van der Waals surface area contributed by atoms with Gasteiger partial charge >= 0.3 is 0 Å². The van der Waals surface area contributed by atoms with Crippen molar-refractivity contribution >= 4 is 33.3 Å². The number of nitrogens with one attached hydrogen (secondary N) is 1. The fourth-order valence-electron chi connectivity index (χ4n) is 2.81. The van der Waals surface area contributed by atoms with Crippen LogP contribution in [0.5, 0.6) is 0 Å². The molecule has 140 valence electrons. The van der Waals surface area contributed by atoms with Crippen molar-refractivity contribution in [2.75, 3.05) is 42.9 Å². The van der Waals surface area contributed by atoms with E-state index < -0.39 is 10.0 Å². The molecule has 0 spiro atoms. The highest BCUT2D eigenvalue weighted by Crippen LogP contribution is 2.24. The lowest BCUT2D eigenvalue weighted by atomic mass is 10.2. The number of sulfonamides is 1. The van der Waals surface area contributed by atoms with Crippen LogP contribution in [0.4, 0.5) is 11.6 Å². The van der Waals surface area contributed by atoms with Gasteiger partial charge in [0.2, 0.25) is 10.0 Å². The van der Waals surface area contributed by atoms with E-state index >= 15 is 0 Å². The van der Waals surface area contributed by atoms with Crippen LogP contribution in [0.1, 0.15) is 12.5 Å². The topological polar surface area (TPSA) is 78.4 Å². The molecule has 2 aromatic rings. The molecule has 2 heterocycles. The molecular formula is C17H22ClN5O2S. The van der Waals surface area contributed by atoms with Gasteiger partial charge in [-0.15, -0.1) is 10.2 Å². The molecule has 0 amide bonds. The Hall–Kier alpha value is -1.90. The van der Waals surface area contributed by atoms with Crippen LogP contribution < -0.4 is 10.2 Å². The van der Waals surface area contributed by atoms with Crippen LogP contribution in [0.3, 0.4) is 0 Å². The summed E-state index contributed by atoms with van der Waals surface area (Å²) in [6.45, 7) is 6.54. The lowest BCUT2D eigenvalue weighted by molar-refractivity contribution is 0.383. The summed E-state index contributed by atoms with van der Waals surface area (Å²) in [5, 5.41) is 11.9. The Kier molecular flexibility index (Phi) is 5.64. The summed E-state index contributed by atoms with van der Waals surface area (Å²) in [5.41, 5.74) is 0.857. The van der Waals surface area contributed by atoms with Crippen molar-refractivity contribution in [1.29, 1.82) is 0 Å². The third-order valence-electron chi connectivity index (χ3n) is 4.35. The van der Waals surface area contributed by atoms with Crippen molar-refractivity contribution in [3.8, 4) is 0 Å². The number of benzene rings is 1. The van der Waals surface area contributed by atoms with Crippen molar-refractivity contribution in [3.05, 3.63) is 40.9 Å². The van der Waals surface area contributed by atoms with Crippen molar-refractivity contribution in [2.24, 2.45) is 0 Å². The van der Waals surface area contributed by atoms with E-state index in [2.05, 4.69) is 15.5 Å². The number of hydrogen-bond acceptors (Lipinski definition) is 6. The second kappa shape index (κ2) is 7.77. The summed E-state index contributed by atoms with van der Waals surface area (Å²) in [6, 6.07) is 8.63. The Morgan fingerprint density at radius 3 is 2.42 bits per heavy atom. The van der Waals surface area contributed by atoms with Gasteiger partial charge in [0.05, 0.1) is 4.90 Å². The van der Waals surface area contributed by atoms with Gasteiger partial charge in [0.25, 0.3) is 0 Å². The predicted octanol–water partition coefficient (Wildman–Crippen LogP) is 2.38. The Morgan fingerprint density at radius 2 is 1.85 bits per heavy atom. The van der Waals surface area contributed by atoms with Crippen LogP contribution in [-0.2, 0) is 10.0 Å². The first-order valence-electron chi connectivity index (χ1n) is 8.50. The van der Waals surface area contributed by atoms with E-state index in [-0.39, 0.29) is 4.90 Å². The summed E-state index contributed by atoms with van der Waals surface area (Å²) in [5.74, 6) is 1.48. The second-order valence-electron chi connectivity index (χ2n) is 6.11. The van der Waals surface area contributed by atoms with E-state index in [1.807, 2.05) is 30.9 Å². The Bertz CT molecular complexity index is 865. The number of anilines is 2. The summed E-state index contributed by atoms with van der Waals surface area (Å²) in [7, 11) is -3.54. The van der Waals surface area contributed by atoms with Gasteiger partial charge in [-0.05, 0) is 43.7 Å². The molecule has 1 aromatic heterocycles. The monoisotopic (exact) mass is 395 g/mol. The molecule has 1 aromatic carbocycles. The van der Waals surface area contributed by atoms with Gasteiger partial charge in [-0.2, -0.15) is 4.31 Å². The van der Waals surface area contributed by atoms with E-state index in [4.69, 9.17) is 11.6 Å². The molecule has 0 radical (unpaired) electrons. The molecule has 7 nitrogen and oxygen atoms in total. The van der Waals surface area contributed by atoms with Crippen LogP contribution >= 0.6 is 11.6 Å². The summed E-state index contributed by atoms with van der Waals surface area (Å²) in [6.07, 6.45) is 0. The average molecular weight is 396 g/mol. The van der Waals surface area contributed by atoms with Gasteiger partial charge in [0.15, 0.2) is 5.82 Å². The summed E-state index contributed by atoms with van der Waals surface area (Å²) >= 11 is 6.09. The zero-order chi connectivity index (χ0) is 18.7. The standard InChI is InChI=1S/C17H22ClN5O2S/c1-3-19-16-6-7-17(21-20-16)22-8-10-23(11-9-22)26(24,25)14-5-4-13(2)15(18)12-14/h4-7,12H,3,8-11H2,1-2H3,(H,19,20). The average Bonchev–Trinajstić information content (AvgIpc) is 2.65. The minimum atomic E-state index is -3.54. The number of halogens is 1. The minimum absolute atomic E-state index is 0.233. The first-order valence-corrected chi connectivity index (χ1v) is 10.3. The highest BCUT2D eigenvalue weighted by atomic mass is 35.5. The van der Waals surface area contributed by atoms with Crippen LogP contribution in [0.2, 0.25) is 5.02 Å². The molecule has 0 unspecified atom stereocenters. The van der Waals surface area contributed by atoms with E-state index in [0.717, 1.165) is 23.7 Å². The maximum absolute atomic E-state index is 12.8. The SMILES string of the molecule is CCNc1ccc(N2CCN(S(=O)(=O)c3ccc(C)c(Cl)c3)CC2)nn1. The van der Waals surface area contributed by atoms with Crippen LogP contribution in [0.15, 0.2) is 35.2 Å². The lowest BCUT2D eigenvalue weighted by Crippen LogP contribution is -2.49. The highest BCUT2D eigenvalue weighted by Gasteiger charge is 2.29. The minimum Gasteiger partial charge on any atom is -0.369 e. The predicted molar refractivity (Wildman–Crippen MR) is 103 cm³/mol. The Balaban J connectivity index is 1.68. The zero-order valence-corrected chi connectivity index (χ0v) is 16.4. The van der Waals surface area contributed by atoms with Crippen molar-refractivity contribution in [1.82, 2.24) is 14.5 Å². The summed E-state index contributed by atoms with van der Waals surface area (Å²) < 4.78 is 27.1. The molecule has 0 saturated carbocycles. The molecule has 0 aliphatic carbocycles. The van der Waals surface area contributed by atoms with Crippen molar-refractivity contribution < 1.29 is 8.42 Å². The molecule has 1 aliphatic heterocycles. The zero-order valence-electron chi connectivity index (χ0n) is 14.8. The molecule has 0 bridgehead atoms. The Morgan fingerprint density at radius 1 is 1.12 bits per heavy atom. The molecule has 1 N–H and O–H groups in total. The van der Waals surface area contributed by atoms with Gasteiger partial charge in [0.1, 0.15) is 5.82 Å². The third-order valence-corrected chi connectivity index (χ3v) is 6.65. The maximum Gasteiger partial charge on any atom is 0.243 e. The smallest absolute Gasteiger partial charge is 0.243 e. The van der Waals surface area contributed by atoms with E-state index in [1.165, 1.54) is 10.4 Å². The highest BCUT2D eigenvalue weighted by molar-refractivity contribution is 7.89. The number of aryl methyl sites for hydroxylation is 1. The van der Waals surface area contributed by atoms with Gasteiger partial charge in [-0.1, -0.05) is 17.7 Å². The van der Waals surface area contributed by atoms with Gasteiger partial charge < -0.3 is 10.2 Å². The largest absolute Gasteiger partial charge is 0.369 e. The van der Waals surface area contributed by atoms with E-state index in [1.54, 1.807) is 12.1 Å². The van der Waals surface area contributed by atoms with Crippen LogP contribution in [-0.4, -0.2) is 55.6 Å². The maximum atomic E-state index is 12.8. The normalized spacial score (nSPS) is 15.9.